The molecule has 1 aliphatic carbocycles. The highest BCUT2D eigenvalue weighted by Gasteiger charge is 2.19. The lowest BCUT2D eigenvalue weighted by molar-refractivity contribution is -0.384. The minimum absolute atomic E-state index is 0.0368. The number of nitro benzene ring substituents is 1. The molecule has 5 heteroatoms. The Labute approximate surface area is 100 Å². The summed E-state index contributed by atoms with van der Waals surface area (Å²) in [7, 11) is 0. The summed E-state index contributed by atoms with van der Waals surface area (Å²) in [6.07, 6.45) is 5.08. The SMILES string of the molecule is Nc1cc(NCCCC2CC2)cc([N+](=O)[O-])c1. The second-order valence-electron chi connectivity index (χ2n) is 4.58. The van der Waals surface area contributed by atoms with Gasteiger partial charge in [-0.3, -0.25) is 10.1 Å². The van der Waals surface area contributed by atoms with Gasteiger partial charge in [-0.1, -0.05) is 12.8 Å². The lowest BCUT2D eigenvalue weighted by Crippen LogP contribution is -2.03. The van der Waals surface area contributed by atoms with Crippen LogP contribution in [-0.2, 0) is 0 Å². The molecule has 0 heterocycles. The van der Waals surface area contributed by atoms with Gasteiger partial charge in [0.15, 0.2) is 0 Å². The molecule has 1 aromatic carbocycles. The Balaban J connectivity index is 1.87. The molecular weight excluding hydrogens is 218 g/mol. The van der Waals surface area contributed by atoms with Crippen molar-refractivity contribution < 1.29 is 4.92 Å². The summed E-state index contributed by atoms with van der Waals surface area (Å²) in [5.41, 5.74) is 6.80. The predicted octanol–water partition coefficient (Wildman–Crippen LogP) is 2.78. The van der Waals surface area contributed by atoms with Gasteiger partial charge >= 0.3 is 0 Å². The molecule has 0 aromatic heterocycles. The molecule has 0 radical (unpaired) electrons. The normalized spacial score (nSPS) is 14.6. The predicted molar refractivity (Wildman–Crippen MR) is 68.0 cm³/mol. The van der Waals surface area contributed by atoms with Gasteiger partial charge in [0.05, 0.1) is 4.92 Å². The first-order chi connectivity index (χ1) is 8.15. The number of rotatable bonds is 6. The Morgan fingerprint density at radius 2 is 2.18 bits per heavy atom. The van der Waals surface area contributed by atoms with Crippen LogP contribution in [0.3, 0.4) is 0 Å². The van der Waals surface area contributed by atoms with Crippen LogP contribution in [0.4, 0.5) is 17.1 Å². The molecule has 0 unspecified atom stereocenters. The van der Waals surface area contributed by atoms with E-state index in [9.17, 15) is 10.1 Å². The molecule has 92 valence electrons. The largest absolute Gasteiger partial charge is 0.398 e. The van der Waals surface area contributed by atoms with Gasteiger partial charge in [-0.25, -0.2) is 0 Å². The van der Waals surface area contributed by atoms with Crippen LogP contribution in [0.1, 0.15) is 25.7 Å². The second kappa shape index (κ2) is 5.03. The second-order valence-corrected chi connectivity index (χ2v) is 4.58. The van der Waals surface area contributed by atoms with E-state index in [1.54, 1.807) is 6.07 Å². The topological polar surface area (TPSA) is 81.2 Å². The van der Waals surface area contributed by atoms with E-state index in [2.05, 4.69) is 5.32 Å². The summed E-state index contributed by atoms with van der Waals surface area (Å²) in [5, 5.41) is 13.8. The van der Waals surface area contributed by atoms with E-state index in [4.69, 9.17) is 5.73 Å². The number of anilines is 2. The number of hydrogen-bond acceptors (Lipinski definition) is 4. The van der Waals surface area contributed by atoms with Crippen molar-refractivity contribution in [3.05, 3.63) is 28.3 Å². The minimum atomic E-state index is -0.425. The van der Waals surface area contributed by atoms with Gasteiger partial charge < -0.3 is 11.1 Å². The summed E-state index contributed by atoms with van der Waals surface area (Å²) < 4.78 is 0. The summed E-state index contributed by atoms with van der Waals surface area (Å²) in [5.74, 6) is 0.923. The quantitative estimate of drug-likeness (QED) is 0.344. The van der Waals surface area contributed by atoms with Crippen molar-refractivity contribution in [2.75, 3.05) is 17.6 Å². The molecule has 5 nitrogen and oxygen atoms in total. The molecule has 1 aromatic rings. The summed E-state index contributed by atoms with van der Waals surface area (Å²) in [4.78, 5) is 10.2. The molecular formula is C12H17N3O2. The Morgan fingerprint density at radius 3 is 2.82 bits per heavy atom. The number of benzene rings is 1. The lowest BCUT2D eigenvalue weighted by atomic mass is 10.2. The number of nitrogens with two attached hydrogens (primary N) is 1. The molecule has 0 saturated heterocycles. The third kappa shape index (κ3) is 3.62. The smallest absolute Gasteiger partial charge is 0.273 e. The van der Waals surface area contributed by atoms with Gasteiger partial charge in [0.1, 0.15) is 0 Å². The Morgan fingerprint density at radius 1 is 1.41 bits per heavy atom. The monoisotopic (exact) mass is 235 g/mol. The first-order valence-corrected chi connectivity index (χ1v) is 5.94. The van der Waals surface area contributed by atoms with Crippen LogP contribution in [0.15, 0.2) is 18.2 Å². The van der Waals surface area contributed by atoms with Crippen LogP contribution in [0.2, 0.25) is 0 Å². The molecule has 0 amide bonds. The molecule has 0 spiro atoms. The van der Waals surface area contributed by atoms with Gasteiger partial charge in [-0.2, -0.15) is 0 Å². The maximum atomic E-state index is 10.7. The average Bonchev–Trinajstić information content (AvgIpc) is 3.07. The first kappa shape index (κ1) is 11.7. The van der Waals surface area contributed by atoms with Crippen molar-refractivity contribution in [1.29, 1.82) is 0 Å². The molecule has 3 N–H and O–H groups in total. The van der Waals surface area contributed by atoms with E-state index in [0.29, 0.717) is 5.69 Å². The highest BCUT2D eigenvalue weighted by Crippen LogP contribution is 2.33. The van der Waals surface area contributed by atoms with E-state index in [0.717, 1.165) is 24.6 Å². The van der Waals surface area contributed by atoms with Crippen LogP contribution in [0.5, 0.6) is 0 Å². The molecule has 0 bridgehead atoms. The van der Waals surface area contributed by atoms with Crippen molar-refractivity contribution in [1.82, 2.24) is 0 Å². The molecule has 1 fully saturated rings. The fourth-order valence-electron chi connectivity index (χ4n) is 1.87. The Hall–Kier alpha value is -1.78. The van der Waals surface area contributed by atoms with Crippen molar-refractivity contribution in [3.8, 4) is 0 Å². The zero-order chi connectivity index (χ0) is 12.3. The molecule has 0 aliphatic heterocycles. The number of nitrogen functional groups attached to an aromatic ring is 1. The van der Waals surface area contributed by atoms with E-state index in [1.165, 1.54) is 31.4 Å². The van der Waals surface area contributed by atoms with E-state index >= 15 is 0 Å². The molecule has 0 atom stereocenters. The van der Waals surface area contributed by atoms with Crippen LogP contribution in [0, 0.1) is 16.0 Å². The van der Waals surface area contributed by atoms with E-state index in [1.807, 2.05) is 0 Å². The van der Waals surface area contributed by atoms with Gasteiger partial charge in [0, 0.05) is 30.1 Å². The number of nitrogens with one attached hydrogen (secondary N) is 1. The van der Waals surface area contributed by atoms with Crippen molar-refractivity contribution >= 4 is 17.1 Å². The van der Waals surface area contributed by atoms with Crippen molar-refractivity contribution in [2.24, 2.45) is 5.92 Å². The molecule has 2 rings (SSSR count). The number of nitrogens with zero attached hydrogens (tertiary/aromatic N) is 1. The molecule has 1 saturated carbocycles. The van der Waals surface area contributed by atoms with E-state index < -0.39 is 4.92 Å². The number of hydrogen-bond donors (Lipinski definition) is 2. The van der Waals surface area contributed by atoms with Gasteiger partial charge in [0.2, 0.25) is 0 Å². The maximum Gasteiger partial charge on any atom is 0.273 e. The summed E-state index contributed by atoms with van der Waals surface area (Å²) in [6.45, 7) is 0.844. The van der Waals surface area contributed by atoms with Gasteiger partial charge in [-0.15, -0.1) is 0 Å². The molecule has 17 heavy (non-hydrogen) atoms. The fraction of sp³-hybridized carbons (Fsp3) is 0.500. The average molecular weight is 235 g/mol. The Bertz CT molecular complexity index is 416. The highest BCUT2D eigenvalue weighted by molar-refractivity contribution is 5.61. The van der Waals surface area contributed by atoms with Crippen LogP contribution >= 0.6 is 0 Å². The summed E-state index contributed by atoms with van der Waals surface area (Å²) in [6, 6.07) is 4.62. The summed E-state index contributed by atoms with van der Waals surface area (Å²) >= 11 is 0. The van der Waals surface area contributed by atoms with Gasteiger partial charge in [0.25, 0.3) is 5.69 Å². The van der Waals surface area contributed by atoms with Crippen molar-refractivity contribution in [3.63, 3.8) is 0 Å². The van der Waals surface area contributed by atoms with Crippen LogP contribution in [-0.4, -0.2) is 11.5 Å². The standard InChI is InChI=1S/C12H17N3O2/c13-10-6-11(8-12(7-10)15(16)17)14-5-1-2-9-3-4-9/h6-9,14H,1-5,13H2. The Kier molecular flexibility index (Phi) is 3.46. The van der Waals surface area contributed by atoms with Crippen LogP contribution < -0.4 is 11.1 Å². The zero-order valence-electron chi connectivity index (χ0n) is 9.69. The lowest BCUT2D eigenvalue weighted by Gasteiger charge is -2.06. The minimum Gasteiger partial charge on any atom is -0.398 e. The number of nitro groups is 1. The zero-order valence-corrected chi connectivity index (χ0v) is 9.69. The highest BCUT2D eigenvalue weighted by atomic mass is 16.6. The maximum absolute atomic E-state index is 10.7. The van der Waals surface area contributed by atoms with Crippen LogP contribution in [0.25, 0.3) is 0 Å². The third-order valence-electron chi connectivity index (χ3n) is 2.97. The van der Waals surface area contributed by atoms with E-state index in [-0.39, 0.29) is 5.69 Å². The number of non-ortho nitro benzene ring substituents is 1. The third-order valence-corrected chi connectivity index (χ3v) is 2.97. The fourth-order valence-corrected chi connectivity index (χ4v) is 1.87. The first-order valence-electron chi connectivity index (χ1n) is 5.94. The van der Waals surface area contributed by atoms with Gasteiger partial charge in [-0.05, 0) is 24.8 Å². The molecule has 1 aliphatic rings. The van der Waals surface area contributed by atoms with Crippen molar-refractivity contribution in [2.45, 2.75) is 25.7 Å².